The Morgan fingerprint density at radius 1 is 1.00 bits per heavy atom. The van der Waals surface area contributed by atoms with Crippen molar-refractivity contribution < 1.29 is 27.4 Å². The van der Waals surface area contributed by atoms with E-state index in [1.807, 2.05) is 12.1 Å². The number of ether oxygens (including phenoxy) is 3. The van der Waals surface area contributed by atoms with Gasteiger partial charge in [-0.05, 0) is 60.9 Å². The molecule has 1 saturated heterocycles. The molecule has 0 aliphatic carbocycles. The topological polar surface area (TPSA) is 107 Å². The van der Waals surface area contributed by atoms with E-state index in [2.05, 4.69) is 10.3 Å². The van der Waals surface area contributed by atoms with Gasteiger partial charge < -0.3 is 19.5 Å². The molecular formula is C26H29N3O6S. The van der Waals surface area contributed by atoms with Gasteiger partial charge in [0.05, 0.1) is 32.3 Å². The summed E-state index contributed by atoms with van der Waals surface area (Å²) in [6.07, 6.45) is 5.90. The normalized spacial score (nSPS) is 16.2. The molecule has 0 radical (unpaired) electrons. The van der Waals surface area contributed by atoms with Crippen LogP contribution in [0.25, 0.3) is 0 Å². The van der Waals surface area contributed by atoms with Crippen LogP contribution in [0.3, 0.4) is 0 Å². The van der Waals surface area contributed by atoms with E-state index in [9.17, 15) is 13.2 Å². The number of benzene rings is 2. The van der Waals surface area contributed by atoms with Crippen LogP contribution in [-0.4, -0.2) is 51.5 Å². The van der Waals surface area contributed by atoms with Crippen molar-refractivity contribution in [2.45, 2.75) is 30.2 Å². The Hall–Kier alpha value is -3.63. The Labute approximate surface area is 211 Å². The number of nitrogens with zero attached hydrogens (tertiary/aromatic N) is 2. The lowest BCUT2D eigenvalue weighted by atomic mass is 9.99. The summed E-state index contributed by atoms with van der Waals surface area (Å²) in [6, 6.07) is 12.7. The van der Waals surface area contributed by atoms with Crippen molar-refractivity contribution in [3.8, 4) is 17.2 Å². The number of carbonyl (C=O) groups is 1. The Morgan fingerprint density at radius 3 is 2.28 bits per heavy atom. The van der Waals surface area contributed by atoms with Crippen LogP contribution in [0.4, 0.5) is 5.69 Å². The van der Waals surface area contributed by atoms with Crippen molar-refractivity contribution >= 4 is 21.6 Å². The number of pyridine rings is 1. The van der Waals surface area contributed by atoms with E-state index in [0.717, 1.165) is 24.8 Å². The maximum absolute atomic E-state index is 13.5. The van der Waals surface area contributed by atoms with Gasteiger partial charge in [-0.2, -0.15) is 4.31 Å². The number of sulfonamides is 1. The zero-order valence-corrected chi connectivity index (χ0v) is 21.2. The van der Waals surface area contributed by atoms with Crippen molar-refractivity contribution in [1.82, 2.24) is 9.29 Å². The Morgan fingerprint density at radius 2 is 1.69 bits per heavy atom. The summed E-state index contributed by atoms with van der Waals surface area (Å²) < 4.78 is 44.5. The first-order valence-electron chi connectivity index (χ1n) is 11.5. The average Bonchev–Trinajstić information content (AvgIpc) is 2.92. The van der Waals surface area contributed by atoms with E-state index in [4.69, 9.17) is 14.2 Å². The molecule has 1 aliphatic heterocycles. The maximum Gasteiger partial charge on any atom is 0.255 e. The number of nitrogens with one attached hydrogen (secondary N) is 1. The number of hydrogen-bond donors (Lipinski definition) is 1. The molecule has 0 spiro atoms. The molecule has 2 aromatic carbocycles. The quantitative estimate of drug-likeness (QED) is 0.481. The van der Waals surface area contributed by atoms with E-state index in [0.29, 0.717) is 35.0 Å². The lowest BCUT2D eigenvalue weighted by Gasteiger charge is -2.34. The smallest absolute Gasteiger partial charge is 0.255 e. The largest absolute Gasteiger partial charge is 0.493 e. The van der Waals surface area contributed by atoms with Crippen molar-refractivity contribution in [1.29, 1.82) is 0 Å². The summed E-state index contributed by atoms with van der Waals surface area (Å²) >= 11 is 0. The molecule has 1 aliphatic rings. The first-order valence-corrected chi connectivity index (χ1v) is 13.0. The Bertz CT molecular complexity index is 1290. The summed E-state index contributed by atoms with van der Waals surface area (Å²) in [5.41, 5.74) is 1.64. The number of rotatable bonds is 8. The third kappa shape index (κ3) is 5.14. The third-order valence-electron chi connectivity index (χ3n) is 6.17. The fourth-order valence-electron chi connectivity index (χ4n) is 4.36. The number of piperidine rings is 1. The number of carbonyl (C=O) groups excluding carboxylic acids is 1. The van der Waals surface area contributed by atoms with Crippen molar-refractivity contribution in [3.63, 3.8) is 0 Å². The Balaban J connectivity index is 1.54. The Kier molecular flexibility index (Phi) is 7.76. The molecule has 190 valence electrons. The van der Waals surface area contributed by atoms with E-state index in [-0.39, 0.29) is 10.9 Å². The van der Waals surface area contributed by atoms with Gasteiger partial charge in [0.1, 0.15) is 0 Å². The van der Waals surface area contributed by atoms with Gasteiger partial charge in [-0.3, -0.25) is 9.78 Å². The molecule has 4 rings (SSSR count). The highest BCUT2D eigenvalue weighted by atomic mass is 32.2. The van der Waals surface area contributed by atoms with Crippen LogP contribution in [0.1, 0.15) is 41.2 Å². The van der Waals surface area contributed by atoms with Gasteiger partial charge in [0.15, 0.2) is 11.5 Å². The van der Waals surface area contributed by atoms with Crippen LogP contribution < -0.4 is 19.5 Å². The molecule has 1 aromatic heterocycles. The molecule has 1 unspecified atom stereocenters. The van der Waals surface area contributed by atoms with Gasteiger partial charge in [0, 0.05) is 30.2 Å². The predicted octanol–water partition coefficient (Wildman–Crippen LogP) is 4.28. The monoisotopic (exact) mass is 511 g/mol. The van der Waals surface area contributed by atoms with E-state index < -0.39 is 15.9 Å². The van der Waals surface area contributed by atoms with Crippen LogP contribution in [0, 0.1) is 0 Å². The molecule has 0 bridgehead atoms. The second-order valence-corrected chi connectivity index (χ2v) is 10.2. The number of amides is 1. The summed E-state index contributed by atoms with van der Waals surface area (Å²) in [7, 11) is 0.691. The van der Waals surface area contributed by atoms with Crippen LogP contribution >= 0.6 is 0 Å². The highest BCUT2D eigenvalue weighted by molar-refractivity contribution is 7.89. The highest BCUT2D eigenvalue weighted by Crippen LogP contribution is 2.38. The van der Waals surface area contributed by atoms with Gasteiger partial charge >= 0.3 is 0 Å². The molecule has 36 heavy (non-hydrogen) atoms. The van der Waals surface area contributed by atoms with E-state index >= 15 is 0 Å². The molecule has 3 aromatic rings. The van der Waals surface area contributed by atoms with Crippen molar-refractivity contribution in [2.24, 2.45) is 0 Å². The zero-order chi connectivity index (χ0) is 25.7. The van der Waals surface area contributed by atoms with Gasteiger partial charge in [-0.25, -0.2) is 8.42 Å². The van der Waals surface area contributed by atoms with Crippen LogP contribution in [0.5, 0.6) is 17.2 Å². The second kappa shape index (κ2) is 11.0. The first-order chi connectivity index (χ1) is 17.4. The van der Waals surface area contributed by atoms with Crippen molar-refractivity contribution in [3.05, 3.63) is 72.1 Å². The standard InChI is InChI=1S/C26H29N3O6S/c1-33-23-15-19(16-24(34-2)25(23)35-3)26(30)28-20-9-11-21(12-10-20)36(31,32)29-14-5-4-8-22(29)18-7-6-13-27-17-18/h6-7,9-13,15-17,22H,4-5,8,14H2,1-3H3,(H,28,30). The average molecular weight is 512 g/mol. The van der Waals surface area contributed by atoms with Crippen LogP contribution in [0.2, 0.25) is 0 Å². The lowest BCUT2D eigenvalue weighted by Crippen LogP contribution is -2.38. The number of anilines is 1. The fraction of sp³-hybridized carbons (Fsp3) is 0.308. The molecule has 10 heteroatoms. The lowest BCUT2D eigenvalue weighted by molar-refractivity contribution is 0.102. The second-order valence-electron chi connectivity index (χ2n) is 8.31. The summed E-state index contributed by atoms with van der Waals surface area (Å²) in [4.78, 5) is 17.2. The minimum absolute atomic E-state index is 0.170. The van der Waals surface area contributed by atoms with E-state index in [1.54, 1.807) is 41.0 Å². The van der Waals surface area contributed by atoms with Gasteiger partial charge in [0.2, 0.25) is 15.8 Å². The minimum Gasteiger partial charge on any atom is -0.493 e. The molecular weight excluding hydrogens is 482 g/mol. The molecule has 1 amide bonds. The number of aromatic nitrogens is 1. The minimum atomic E-state index is -3.74. The first kappa shape index (κ1) is 25.5. The SMILES string of the molecule is COc1cc(C(=O)Nc2ccc(S(=O)(=O)N3CCCCC3c3cccnc3)cc2)cc(OC)c1OC. The molecule has 1 fully saturated rings. The third-order valence-corrected chi connectivity index (χ3v) is 8.09. The van der Waals surface area contributed by atoms with Crippen LogP contribution in [-0.2, 0) is 10.0 Å². The molecule has 2 heterocycles. The zero-order valence-electron chi connectivity index (χ0n) is 20.4. The summed E-state index contributed by atoms with van der Waals surface area (Å²) in [6.45, 7) is 0.446. The van der Waals surface area contributed by atoms with Gasteiger partial charge in [-0.1, -0.05) is 12.5 Å². The molecule has 1 atom stereocenters. The highest BCUT2D eigenvalue weighted by Gasteiger charge is 2.34. The molecule has 1 N–H and O–H groups in total. The number of methoxy groups -OCH3 is 3. The number of hydrogen-bond acceptors (Lipinski definition) is 7. The maximum atomic E-state index is 13.5. The van der Waals surface area contributed by atoms with Crippen molar-refractivity contribution in [2.75, 3.05) is 33.2 Å². The summed E-state index contributed by atoms with van der Waals surface area (Å²) in [5.74, 6) is 0.687. The summed E-state index contributed by atoms with van der Waals surface area (Å²) in [5, 5.41) is 2.78. The fourth-order valence-corrected chi connectivity index (χ4v) is 6.04. The molecule has 9 nitrogen and oxygen atoms in total. The van der Waals surface area contributed by atoms with Gasteiger partial charge in [0.25, 0.3) is 5.91 Å². The predicted molar refractivity (Wildman–Crippen MR) is 135 cm³/mol. The van der Waals surface area contributed by atoms with Crippen LogP contribution in [0.15, 0.2) is 65.8 Å². The van der Waals surface area contributed by atoms with E-state index in [1.165, 1.54) is 33.5 Å². The molecule has 0 saturated carbocycles. The van der Waals surface area contributed by atoms with Gasteiger partial charge in [-0.15, -0.1) is 0 Å².